The van der Waals surface area contributed by atoms with E-state index in [0.717, 1.165) is 0 Å². The van der Waals surface area contributed by atoms with E-state index in [1.165, 1.54) is 40.9 Å². The number of ether oxygens (including phenoxy) is 1. The summed E-state index contributed by atoms with van der Waals surface area (Å²) in [5, 5.41) is 10.4. The Balaban J connectivity index is 1.89. The summed E-state index contributed by atoms with van der Waals surface area (Å²) in [6.45, 7) is -0.0635. The maximum absolute atomic E-state index is 11.9. The largest absolute Gasteiger partial charge is 0.458 e. The lowest BCUT2D eigenvalue weighted by atomic mass is 10.2. The Hall–Kier alpha value is -1.80. The summed E-state index contributed by atoms with van der Waals surface area (Å²) in [6.07, 6.45) is 2.19. The summed E-state index contributed by atoms with van der Waals surface area (Å²) in [7, 11) is 0. The molecule has 1 saturated heterocycles. The van der Waals surface area contributed by atoms with E-state index < -0.39 is 16.4 Å². The second kappa shape index (κ2) is 6.97. The summed E-state index contributed by atoms with van der Waals surface area (Å²) in [6, 6.07) is 5.64. The number of benzene rings is 1. The van der Waals surface area contributed by atoms with Crippen LogP contribution in [0.4, 0.5) is 5.69 Å². The second-order valence-electron chi connectivity index (χ2n) is 4.56. The van der Waals surface area contributed by atoms with Crippen LogP contribution < -0.4 is 0 Å². The van der Waals surface area contributed by atoms with Gasteiger partial charge >= 0.3 is 5.97 Å². The number of amides is 1. The van der Waals surface area contributed by atoms with E-state index >= 15 is 0 Å². The number of nitro groups is 1. The molecule has 1 heterocycles. The fourth-order valence-electron chi connectivity index (χ4n) is 1.92. The van der Waals surface area contributed by atoms with E-state index in [1.54, 1.807) is 0 Å². The van der Waals surface area contributed by atoms with Crippen LogP contribution in [0.3, 0.4) is 0 Å². The molecule has 1 aromatic rings. The standard InChI is InChI=1S/C13H13ClN2O5S/c1-22-11-6-10(17)15(11)12(14)13(18)21-7-8-2-4-9(5-3-8)16(19)20/h2-5,11-12H,6-7H2,1H3. The number of carbonyl (C=O) groups is 2. The zero-order valence-electron chi connectivity index (χ0n) is 11.6. The topological polar surface area (TPSA) is 89.8 Å². The number of rotatable bonds is 6. The number of carbonyl (C=O) groups excluding carboxylic acids is 2. The average molecular weight is 345 g/mol. The van der Waals surface area contributed by atoms with Gasteiger partial charge in [0.25, 0.3) is 5.69 Å². The molecule has 2 unspecified atom stereocenters. The van der Waals surface area contributed by atoms with Gasteiger partial charge in [-0.1, -0.05) is 11.6 Å². The molecule has 1 aliphatic heterocycles. The molecule has 0 bridgehead atoms. The van der Waals surface area contributed by atoms with Crippen LogP contribution in [-0.4, -0.2) is 38.8 Å². The predicted molar refractivity (Wildman–Crippen MR) is 81.3 cm³/mol. The number of likely N-dealkylation sites (tertiary alicyclic amines) is 1. The lowest BCUT2D eigenvalue weighted by molar-refractivity contribution is -0.384. The van der Waals surface area contributed by atoms with Gasteiger partial charge < -0.3 is 9.64 Å². The Bertz CT molecular complexity index is 595. The van der Waals surface area contributed by atoms with Gasteiger partial charge in [0.15, 0.2) is 0 Å². The first-order valence-corrected chi connectivity index (χ1v) is 8.04. The molecule has 2 atom stereocenters. The summed E-state index contributed by atoms with van der Waals surface area (Å²) in [4.78, 5) is 34.7. The average Bonchev–Trinajstić information content (AvgIpc) is 2.50. The van der Waals surface area contributed by atoms with Crippen molar-refractivity contribution in [3.63, 3.8) is 0 Å². The minimum absolute atomic E-state index is 0.0423. The van der Waals surface area contributed by atoms with Crippen LogP contribution in [0.15, 0.2) is 24.3 Å². The first-order valence-electron chi connectivity index (χ1n) is 6.32. The minimum atomic E-state index is -1.16. The second-order valence-corrected chi connectivity index (χ2v) is 5.99. The van der Waals surface area contributed by atoms with E-state index in [9.17, 15) is 19.7 Å². The van der Waals surface area contributed by atoms with Gasteiger partial charge in [0.05, 0.1) is 16.7 Å². The van der Waals surface area contributed by atoms with Crippen molar-refractivity contribution >= 4 is 40.9 Å². The fourth-order valence-corrected chi connectivity index (χ4v) is 3.07. The van der Waals surface area contributed by atoms with Crippen molar-refractivity contribution in [2.45, 2.75) is 23.9 Å². The maximum atomic E-state index is 11.9. The molecule has 22 heavy (non-hydrogen) atoms. The number of thioether (sulfide) groups is 1. The molecular formula is C13H13ClN2O5S. The van der Waals surface area contributed by atoms with Gasteiger partial charge in [0, 0.05) is 12.1 Å². The lowest BCUT2D eigenvalue weighted by Gasteiger charge is -2.41. The van der Waals surface area contributed by atoms with Crippen molar-refractivity contribution < 1.29 is 19.2 Å². The third-order valence-corrected chi connectivity index (χ3v) is 4.51. The van der Waals surface area contributed by atoms with E-state index in [2.05, 4.69) is 0 Å². The molecule has 0 spiro atoms. The first-order chi connectivity index (χ1) is 10.4. The molecule has 0 saturated carbocycles. The van der Waals surface area contributed by atoms with Crippen molar-refractivity contribution in [2.75, 3.05) is 6.26 Å². The van der Waals surface area contributed by atoms with Crippen LogP contribution in [0.1, 0.15) is 12.0 Å². The number of alkyl halides is 1. The van der Waals surface area contributed by atoms with Gasteiger partial charge in [-0.3, -0.25) is 14.9 Å². The molecule has 9 heteroatoms. The number of nitro benzene ring substituents is 1. The van der Waals surface area contributed by atoms with Gasteiger partial charge in [-0.15, -0.1) is 11.8 Å². The molecule has 0 aromatic heterocycles. The van der Waals surface area contributed by atoms with Gasteiger partial charge in [0.1, 0.15) is 6.61 Å². The molecule has 0 radical (unpaired) electrons. The molecule has 1 fully saturated rings. The minimum Gasteiger partial charge on any atom is -0.458 e. The van der Waals surface area contributed by atoms with Gasteiger partial charge in [0.2, 0.25) is 11.4 Å². The molecule has 1 amide bonds. The quantitative estimate of drug-likeness (QED) is 0.196. The van der Waals surface area contributed by atoms with Crippen molar-refractivity contribution in [3.05, 3.63) is 39.9 Å². The van der Waals surface area contributed by atoms with Crippen LogP contribution in [0.25, 0.3) is 0 Å². The van der Waals surface area contributed by atoms with E-state index in [-0.39, 0.29) is 23.6 Å². The first kappa shape index (κ1) is 16.6. The molecule has 7 nitrogen and oxygen atoms in total. The number of hydrogen-bond acceptors (Lipinski definition) is 6. The van der Waals surface area contributed by atoms with Gasteiger partial charge in [-0.05, 0) is 24.0 Å². The highest BCUT2D eigenvalue weighted by Gasteiger charge is 2.43. The van der Waals surface area contributed by atoms with Crippen molar-refractivity contribution in [1.29, 1.82) is 0 Å². The molecule has 1 aliphatic rings. The number of hydrogen-bond donors (Lipinski definition) is 0. The Morgan fingerprint density at radius 2 is 2.18 bits per heavy atom. The molecule has 0 N–H and O–H groups in total. The number of nitrogens with zero attached hydrogens (tertiary/aromatic N) is 2. The highest BCUT2D eigenvalue weighted by Crippen LogP contribution is 2.31. The van der Waals surface area contributed by atoms with Crippen LogP contribution in [0.2, 0.25) is 0 Å². The number of β-lactam (4-membered cyclic amide) rings is 1. The fraction of sp³-hybridized carbons (Fsp3) is 0.385. The number of halogens is 1. The molecule has 1 aromatic carbocycles. The lowest BCUT2D eigenvalue weighted by Crippen LogP contribution is -2.56. The Kier molecular flexibility index (Phi) is 5.25. The normalized spacial score (nSPS) is 18.5. The predicted octanol–water partition coefficient (Wildman–Crippen LogP) is 2.12. The smallest absolute Gasteiger partial charge is 0.345 e. The Morgan fingerprint density at radius 3 is 2.68 bits per heavy atom. The van der Waals surface area contributed by atoms with Gasteiger partial charge in [-0.2, -0.15) is 0 Å². The molecular weight excluding hydrogens is 332 g/mol. The van der Waals surface area contributed by atoms with E-state index in [4.69, 9.17) is 16.3 Å². The third-order valence-electron chi connectivity index (χ3n) is 3.19. The van der Waals surface area contributed by atoms with Crippen LogP contribution in [-0.2, 0) is 20.9 Å². The SMILES string of the molecule is CSC1CC(=O)N1C(Cl)C(=O)OCc1ccc([N+](=O)[O-])cc1. The number of esters is 1. The van der Waals surface area contributed by atoms with E-state index in [0.29, 0.717) is 12.0 Å². The van der Waals surface area contributed by atoms with Crippen LogP contribution in [0.5, 0.6) is 0 Å². The van der Waals surface area contributed by atoms with Crippen molar-refractivity contribution in [3.8, 4) is 0 Å². The Labute approximate surface area is 135 Å². The summed E-state index contributed by atoms with van der Waals surface area (Å²) < 4.78 is 5.04. The summed E-state index contributed by atoms with van der Waals surface area (Å²) in [5.74, 6) is -0.904. The summed E-state index contributed by atoms with van der Waals surface area (Å²) >= 11 is 7.40. The van der Waals surface area contributed by atoms with Crippen molar-refractivity contribution in [1.82, 2.24) is 4.90 Å². The maximum Gasteiger partial charge on any atom is 0.345 e. The summed E-state index contributed by atoms with van der Waals surface area (Å²) in [5.41, 5.74) is -0.602. The molecule has 0 aliphatic carbocycles. The van der Waals surface area contributed by atoms with Crippen molar-refractivity contribution in [2.24, 2.45) is 0 Å². The Morgan fingerprint density at radius 1 is 1.55 bits per heavy atom. The van der Waals surface area contributed by atoms with E-state index in [1.807, 2.05) is 6.26 Å². The number of non-ortho nitro benzene ring substituents is 1. The van der Waals surface area contributed by atoms with Crippen LogP contribution in [0, 0.1) is 10.1 Å². The van der Waals surface area contributed by atoms with Gasteiger partial charge in [-0.25, -0.2) is 4.79 Å². The highest BCUT2D eigenvalue weighted by atomic mass is 35.5. The molecule has 2 rings (SSSR count). The molecule has 118 valence electrons. The third kappa shape index (κ3) is 3.50. The zero-order valence-corrected chi connectivity index (χ0v) is 13.2. The monoisotopic (exact) mass is 344 g/mol. The zero-order chi connectivity index (χ0) is 16.3. The van der Waals surface area contributed by atoms with Crippen LogP contribution >= 0.6 is 23.4 Å². The highest BCUT2D eigenvalue weighted by molar-refractivity contribution is 7.99.